The zero-order valence-electron chi connectivity index (χ0n) is 13.9. The minimum Gasteiger partial charge on any atom is -0.334 e. The topological polar surface area (TPSA) is 46.3 Å². The molecule has 1 aliphatic heterocycles. The summed E-state index contributed by atoms with van der Waals surface area (Å²) in [6, 6.07) is 10.7. The molecule has 2 aliphatic rings. The van der Waals surface area contributed by atoms with Crippen LogP contribution in [0.15, 0.2) is 30.3 Å². The standard InChI is InChI=1S/C19H28N2OS/c20-15-19(9-5-2-6-10-19)13-18(22)21-11-12-23-14-17(21)16-7-3-1-4-8-16/h1,3-4,7-8,17H,2,5-6,9-15,20H2. The molecular formula is C19H28N2OS. The molecule has 1 saturated carbocycles. The first kappa shape index (κ1) is 16.8. The number of thioether (sulfide) groups is 1. The van der Waals surface area contributed by atoms with Gasteiger partial charge in [0.1, 0.15) is 0 Å². The molecule has 0 spiro atoms. The molecule has 0 bridgehead atoms. The van der Waals surface area contributed by atoms with Crippen molar-refractivity contribution >= 4 is 17.7 Å². The summed E-state index contributed by atoms with van der Waals surface area (Å²) in [7, 11) is 0. The maximum Gasteiger partial charge on any atom is 0.223 e. The lowest BCUT2D eigenvalue weighted by atomic mass is 9.71. The molecule has 1 atom stereocenters. The van der Waals surface area contributed by atoms with Gasteiger partial charge in [-0.05, 0) is 30.4 Å². The number of hydrogen-bond donors (Lipinski definition) is 1. The van der Waals surface area contributed by atoms with Gasteiger partial charge in [-0.2, -0.15) is 11.8 Å². The van der Waals surface area contributed by atoms with Gasteiger partial charge in [0.25, 0.3) is 0 Å². The molecule has 2 N–H and O–H groups in total. The van der Waals surface area contributed by atoms with Crippen molar-refractivity contribution in [1.82, 2.24) is 4.90 Å². The zero-order valence-corrected chi connectivity index (χ0v) is 14.7. The number of carbonyl (C=O) groups is 1. The summed E-state index contributed by atoms with van der Waals surface area (Å²) in [5.41, 5.74) is 7.41. The van der Waals surface area contributed by atoms with Gasteiger partial charge in [0.15, 0.2) is 0 Å². The highest BCUT2D eigenvalue weighted by atomic mass is 32.2. The van der Waals surface area contributed by atoms with Crippen LogP contribution >= 0.6 is 11.8 Å². The molecule has 1 aromatic rings. The normalized spacial score (nSPS) is 24.4. The van der Waals surface area contributed by atoms with E-state index < -0.39 is 0 Å². The molecule has 1 saturated heterocycles. The van der Waals surface area contributed by atoms with E-state index in [-0.39, 0.29) is 11.5 Å². The lowest BCUT2D eigenvalue weighted by Crippen LogP contribution is -2.45. The number of nitrogens with two attached hydrogens (primary N) is 1. The van der Waals surface area contributed by atoms with Crippen LogP contribution in [0.2, 0.25) is 0 Å². The SMILES string of the molecule is NCC1(CC(=O)N2CCSCC2c2ccccc2)CCCCC1. The quantitative estimate of drug-likeness (QED) is 0.916. The Labute approximate surface area is 144 Å². The van der Waals surface area contributed by atoms with Gasteiger partial charge in [-0.3, -0.25) is 4.79 Å². The second-order valence-electron chi connectivity index (χ2n) is 7.03. The Bertz CT molecular complexity index is 513. The smallest absolute Gasteiger partial charge is 0.223 e. The lowest BCUT2D eigenvalue weighted by molar-refractivity contribution is -0.136. The van der Waals surface area contributed by atoms with Crippen LogP contribution in [0.25, 0.3) is 0 Å². The second kappa shape index (κ2) is 7.71. The summed E-state index contributed by atoms with van der Waals surface area (Å²) in [5, 5.41) is 0. The van der Waals surface area contributed by atoms with Crippen LogP contribution in [-0.4, -0.2) is 35.4 Å². The monoisotopic (exact) mass is 332 g/mol. The van der Waals surface area contributed by atoms with Gasteiger partial charge >= 0.3 is 0 Å². The Morgan fingerprint density at radius 2 is 1.96 bits per heavy atom. The van der Waals surface area contributed by atoms with E-state index in [1.165, 1.54) is 24.8 Å². The van der Waals surface area contributed by atoms with Crippen LogP contribution in [-0.2, 0) is 4.79 Å². The van der Waals surface area contributed by atoms with Crippen LogP contribution in [0.3, 0.4) is 0 Å². The van der Waals surface area contributed by atoms with Gasteiger partial charge in [-0.15, -0.1) is 0 Å². The van der Waals surface area contributed by atoms with Gasteiger partial charge in [0.05, 0.1) is 6.04 Å². The Morgan fingerprint density at radius 1 is 1.22 bits per heavy atom. The number of rotatable bonds is 4. The fraction of sp³-hybridized carbons (Fsp3) is 0.632. The van der Waals surface area contributed by atoms with E-state index >= 15 is 0 Å². The largest absolute Gasteiger partial charge is 0.334 e. The van der Waals surface area contributed by atoms with Crippen molar-refractivity contribution in [2.45, 2.75) is 44.6 Å². The fourth-order valence-electron chi connectivity index (χ4n) is 4.03. The Kier molecular flexibility index (Phi) is 5.65. The van der Waals surface area contributed by atoms with E-state index in [9.17, 15) is 4.79 Å². The van der Waals surface area contributed by atoms with Crippen LogP contribution < -0.4 is 5.73 Å². The summed E-state index contributed by atoms with van der Waals surface area (Å²) in [6.07, 6.45) is 6.62. The van der Waals surface area contributed by atoms with Crippen molar-refractivity contribution < 1.29 is 4.79 Å². The van der Waals surface area contributed by atoms with E-state index in [0.29, 0.717) is 18.9 Å². The predicted molar refractivity (Wildman–Crippen MR) is 97.4 cm³/mol. The number of nitrogens with zero attached hydrogens (tertiary/aromatic N) is 1. The third-order valence-corrected chi connectivity index (χ3v) is 6.53. The molecule has 1 amide bonds. The van der Waals surface area contributed by atoms with Gasteiger partial charge in [0, 0.05) is 24.5 Å². The van der Waals surface area contributed by atoms with Crippen molar-refractivity contribution in [2.24, 2.45) is 11.1 Å². The summed E-state index contributed by atoms with van der Waals surface area (Å²) in [4.78, 5) is 15.2. The van der Waals surface area contributed by atoms with Crippen LogP contribution in [0.5, 0.6) is 0 Å². The number of benzene rings is 1. The van der Waals surface area contributed by atoms with Crippen LogP contribution in [0.4, 0.5) is 0 Å². The molecule has 23 heavy (non-hydrogen) atoms. The average Bonchev–Trinajstić information content (AvgIpc) is 2.63. The highest BCUT2D eigenvalue weighted by Gasteiger charge is 2.37. The first-order valence-corrected chi connectivity index (χ1v) is 10.0. The fourth-order valence-corrected chi connectivity index (χ4v) is 5.12. The Morgan fingerprint density at radius 3 is 2.65 bits per heavy atom. The van der Waals surface area contributed by atoms with Crippen molar-refractivity contribution in [2.75, 3.05) is 24.6 Å². The third-order valence-electron chi connectivity index (χ3n) is 5.51. The van der Waals surface area contributed by atoms with Gasteiger partial charge < -0.3 is 10.6 Å². The van der Waals surface area contributed by atoms with E-state index in [0.717, 1.165) is 30.9 Å². The van der Waals surface area contributed by atoms with E-state index in [1.54, 1.807) is 0 Å². The third kappa shape index (κ3) is 3.92. The first-order chi connectivity index (χ1) is 11.2. The molecule has 126 valence electrons. The maximum absolute atomic E-state index is 13.1. The minimum atomic E-state index is 0.0567. The number of amides is 1. The minimum absolute atomic E-state index is 0.0567. The van der Waals surface area contributed by atoms with Gasteiger partial charge in [-0.1, -0.05) is 49.6 Å². The molecule has 2 fully saturated rings. The number of carbonyl (C=O) groups excluding carboxylic acids is 1. The molecule has 1 aliphatic carbocycles. The lowest BCUT2D eigenvalue weighted by Gasteiger charge is -2.41. The summed E-state index contributed by atoms with van der Waals surface area (Å²) in [6.45, 7) is 1.51. The summed E-state index contributed by atoms with van der Waals surface area (Å²) in [5.74, 6) is 2.36. The van der Waals surface area contributed by atoms with Crippen molar-refractivity contribution in [3.63, 3.8) is 0 Å². The second-order valence-corrected chi connectivity index (χ2v) is 8.18. The molecule has 0 radical (unpaired) electrons. The van der Waals surface area contributed by atoms with Crippen LogP contribution in [0, 0.1) is 5.41 Å². The Balaban J connectivity index is 1.73. The van der Waals surface area contributed by atoms with E-state index in [4.69, 9.17) is 5.73 Å². The van der Waals surface area contributed by atoms with Gasteiger partial charge in [0.2, 0.25) is 5.91 Å². The van der Waals surface area contributed by atoms with Crippen LogP contribution in [0.1, 0.15) is 50.1 Å². The molecule has 1 heterocycles. The summed E-state index contributed by atoms with van der Waals surface area (Å²) >= 11 is 1.95. The molecule has 3 rings (SSSR count). The van der Waals surface area contributed by atoms with Crippen molar-refractivity contribution in [3.8, 4) is 0 Å². The highest BCUT2D eigenvalue weighted by Crippen LogP contribution is 2.40. The molecule has 0 aromatic heterocycles. The highest BCUT2D eigenvalue weighted by molar-refractivity contribution is 7.99. The molecule has 1 aromatic carbocycles. The number of hydrogen-bond acceptors (Lipinski definition) is 3. The first-order valence-electron chi connectivity index (χ1n) is 8.86. The Hall–Kier alpha value is -1.00. The van der Waals surface area contributed by atoms with Crippen molar-refractivity contribution in [1.29, 1.82) is 0 Å². The average molecular weight is 333 g/mol. The molecule has 4 heteroatoms. The van der Waals surface area contributed by atoms with E-state index in [2.05, 4.69) is 29.2 Å². The molecular weight excluding hydrogens is 304 g/mol. The maximum atomic E-state index is 13.1. The summed E-state index contributed by atoms with van der Waals surface area (Å²) < 4.78 is 0. The molecule has 3 nitrogen and oxygen atoms in total. The molecule has 1 unspecified atom stereocenters. The zero-order chi connectivity index (χ0) is 16.1. The van der Waals surface area contributed by atoms with Gasteiger partial charge in [-0.25, -0.2) is 0 Å². The van der Waals surface area contributed by atoms with Crippen molar-refractivity contribution in [3.05, 3.63) is 35.9 Å². The van der Waals surface area contributed by atoms with E-state index in [1.807, 2.05) is 17.8 Å². The predicted octanol–water partition coefficient (Wildman–Crippen LogP) is 3.60.